The van der Waals surface area contributed by atoms with E-state index in [-0.39, 0.29) is 36.7 Å². The van der Waals surface area contributed by atoms with Gasteiger partial charge in [0.2, 0.25) is 5.43 Å². The molecule has 0 unspecified atom stereocenters. The van der Waals surface area contributed by atoms with E-state index in [2.05, 4.69) is 0 Å². The third-order valence-electron chi connectivity index (χ3n) is 6.50. The lowest BCUT2D eigenvalue weighted by Crippen LogP contribution is -2.58. The van der Waals surface area contributed by atoms with Crippen molar-refractivity contribution >= 4 is 5.91 Å². The van der Waals surface area contributed by atoms with E-state index in [4.69, 9.17) is 4.74 Å². The molecular formula is C27H26FN3O4. The summed E-state index contributed by atoms with van der Waals surface area (Å²) in [6.07, 6.45) is 5.11. The molecule has 3 aromatic rings. The molecule has 1 amide bonds. The number of amides is 1. The predicted octanol–water partition coefficient (Wildman–Crippen LogP) is 3.81. The highest BCUT2D eigenvalue weighted by atomic mass is 19.1. The van der Waals surface area contributed by atoms with Gasteiger partial charge in [0.25, 0.3) is 5.91 Å². The van der Waals surface area contributed by atoms with Crippen molar-refractivity contribution in [1.29, 1.82) is 0 Å². The molecule has 0 saturated heterocycles. The van der Waals surface area contributed by atoms with Crippen LogP contribution in [0.2, 0.25) is 0 Å². The molecule has 2 atom stereocenters. The highest BCUT2D eigenvalue weighted by molar-refractivity contribution is 5.96. The van der Waals surface area contributed by atoms with Crippen molar-refractivity contribution in [3.8, 4) is 11.5 Å². The molecule has 3 heterocycles. The molecule has 0 spiro atoms. The maximum absolute atomic E-state index is 15.1. The Morgan fingerprint density at radius 2 is 1.83 bits per heavy atom. The Morgan fingerprint density at radius 3 is 2.57 bits per heavy atom. The molecule has 35 heavy (non-hydrogen) atoms. The van der Waals surface area contributed by atoms with Crippen LogP contribution in [0.1, 0.15) is 41.5 Å². The van der Waals surface area contributed by atoms with Crippen LogP contribution in [0.3, 0.4) is 0 Å². The van der Waals surface area contributed by atoms with Crippen LogP contribution in [-0.4, -0.2) is 39.9 Å². The van der Waals surface area contributed by atoms with Gasteiger partial charge in [0.15, 0.2) is 23.0 Å². The Labute approximate surface area is 202 Å². The monoisotopic (exact) mass is 475 g/mol. The number of benzene rings is 2. The van der Waals surface area contributed by atoms with E-state index >= 15 is 4.39 Å². The molecule has 1 aromatic heterocycles. The first-order valence-electron chi connectivity index (χ1n) is 11.5. The molecule has 8 heteroatoms. The molecule has 2 aliphatic heterocycles. The number of fused-ring (bicyclic) bond motifs is 5. The lowest BCUT2D eigenvalue weighted by molar-refractivity contribution is 0.0588. The Morgan fingerprint density at radius 1 is 1.06 bits per heavy atom. The number of carbonyl (C=O) groups is 1. The number of pyridine rings is 1. The fraction of sp³-hybridized carbons (Fsp3) is 0.259. The van der Waals surface area contributed by atoms with Gasteiger partial charge in [-0.05, 0) is 23.6 Å². The molecule has 0 aliphatic carbocycles. The van der Waals surface area contributed by atoms with Crippen molar-refractivity contribution in [2.45, 2.75) is 25.9 Å². The summed E-state index contributed by atoms with van der Waals surface area (Å²) in [7, 11) is 0. The summed E-state index contributed by atoms with van der Waals surface area (Å²) < 4.78 is 22.5. The molecular weight excluding hydrogens is 449 g/mol. The fourth-order valence-electron chi connectivity index (χ4n) is 4.84. The number of halogens is 1. The summed E-state index contributed by atoms with van der Waals surface area (Å²) in [5.74, 6) is -1.42. The Hall–Kier alpha value is -4.07. The van der Waals surface area contributed by atoms with Crippen molar-refractivity contribution in [3.05, 3.63) is 106 Å². The van der Waals surface area contributed by atoms with Gasteiger partial charge in [-0.2, -0.15) is 0 Å². The van der Waals surface area contributed by atoms with Crippen LogP contribution in [0.5, 0.6) is 11.5 Å². The van der Waals surface area contributed by atoms with Crippen molar-refractivity contribution in [2.75, 3.05) is 18.3 Å². The van der Waals surface area contributed by atoms with Crippen LogP contribution in [0.4, 0.5) is 4.39 Å². The van der Waals surface area contributed by atoms with E-state index in [1.165, 1.54) is 23.0 Å². The minimum Gasteiger partial charge on any atom is -0.502 e. The average Bonchev–Trinajstić information content (AvgIpc) is 2.87. The Kier molecular flexibility index (Phi) is 5.80. The molecule has 7 nitrogen and oxygen atoms in total. The molecule has 1 N–H and O–H groups in total. The zero-order valence-electron chi connectivity index (χ0n) is 19.5. The number of hydrogen-bond acceptors (Lipinski definition) is 5. The van der Waals surface area contributed by atoms with Crippen LogP contribution < -0.4 is 15.2 Å². The maximum atomic E-state index is 15.1. The SMILES string of the molecule is CC(C)[C@H]1/C=C\COc2c(F)cccc2[C@@H](c2ccccc2)N2CN1C(=O)c1c(O)c(=O)ccn12. The van der Waals surface area contributed by atoms with Crippen molar-refractivity contribution in [3.63, 3.8) is 0 Å². The zero-order valence-corrected chi connectivity index (χ0v) is 19.5. The van der Waals surface area contributed by atoms with E-state index < -0.39 is 28.9 Å². The Balaban J connectivity index is 1.84. The van der Waals surface area contributed by atoms with E-state index in [0.717, 1.165) is 5.56 Å². The minimum absolute atomic E-state index is 0.0243. The van der Waals surface area contributed by atoms with E-state index in [1.54, 1.807) is 23.1 Å². The van der Waals surface area contributed by atoms with Crippen molar-refractivity contribution < 1.29 is 19.0 Å². The summed E-state index contributed by atoms with van der Waals surface area (Å²) in [5.41, 5.74) is 0.626. The first kappa shape index (κ1) is 22.7. The fourth-order valence-corrected chi connectivity index (χ4v) is 4.84. The highest BCUT2D eigenvalue weighted by Gasteiger charge is 2.40. The topological polar surface area (TPSA) is 75.0 Å². The number of carbonyl (C=O) groups excluding carboxylic acids is 1. The zero-order chi connectivity index (χ0) is 24.7. The van der Waals surface area contributed by atoms with Crippen molar-refractivity contribution in [1.82, 2.24) is 9.58 Å². The molecule has 0 saturated carbocycles. The molecule has 0 fully saturated rings. The van der Waals surface area contributed by atoms with E-state index in [0.29, 0.717) is 5.56 Å². The second kappa shape index (κ2) is 8.94. The van der Waals surface area contributed by atoms with Crippen LogP contribution in [-0.2, 0) is 0 Å². The smallest absolute Gasteiger partial charge is 0.278 e. The summed E-state index contributed by atoms with van der Waals surface area (Å²) in [4.78, 5) is 27.7. The second-order valence-corrected chi connectivity index (χ2v) is 9.02. The van der Waals surface area contributed by atoms with Crippen LogP contribution >= 0.6 is 0 Å². The van der Waals surface area contributed by atoms with Crippen molar-refractivity contribution in [2.24, 2.45) is 5.92 Å². The molecule has 2 aliphatic rings. The minimum atomic E-state index is -0.640. The van der Waals surface area contributed by atoms with Gasteiger partial charge < -0.3 is 14.7 Å². The van der Waals surface area contributed by atoms with Crippen LogP contribution in [0.25, 0.3) is 0 Å². The number of aromatic nitrogens is 1. The third kappa shape index (κ3) is 3.84. The quantitative estimate of drug-likeness (QED) is 0.571. The highest BCUT2D eigenvalue weighted by Crippen LogP contribution is 2.38. The molecule has 2 aromatic carbocycles. The average molecular weight is 476 g/mol. The van der Waals surface area contributed by atoms with Crippen LogP contribution in [0.15, 0.2) is 77.7 Å². The van der Waals surface area contributed by atoms with Gasteiger partial charge in [-0.15, -0.1) is 0 Å². The predicted molar refractivity (Wildman–Crippen MR) is 130 cm³/mol. The number of ether oxygens (including phenoxy) is 1. The summed E-state index contributed by atoms with van der Waals surface area (Å²) in [6.45, 7) is 4.24. The van der Waals surface area contributed by atoms with Gasteiger partial charge in [-0.25, -0.2) is 4.39 Å². The molecule has 180 valence electrons. The van der Waals surface area contributed by atoms with Gasteiger partial charge >= 0.3 is 0 Å². The summed E-state index contributed by atoms with van der Waals surface area (Å²) in [6, 6.07) is 14.5. The molecule has 2 bridgehead atoms. The summed E-state index contributed by atoms with van der Waals surface area (Å²) >= 11 is 0. The first-order chi connectivity index (χ1) is 16.9. The maximum Gasteiger partial charge on any atom is 0.278 e. The van der Waals surface area contributed by atoms with Crippen LogP contribution in [0, 0.1) is 11.7 Å². The standard InChI is InChI=1S/C27H26FN3O4/c1-17(2)21-12-7-15-35-26-19(10-6-11-20(26)28)23(18-8-4-3-5-9-18)31-16-29(21)27(34)24-25(33)22(32)13-14-30(24)31/h3-14,17,21,23,33H,15-16H2,1-2H3/b12-7-/t21-,23-/m1/s1. The van der Waals surface area contributed by atoms with Gasteiger partial charge in [-0.1, -0.05) is 62.4 Å². The van der Waals surface area contributed by atoms with E-state index in [1.807, 2.05) is 55.3 Å². The Bertz CT molecular complexity index is 1350. The number of rotatable bonds is 2. The number of para-hydroxylation sites is 1. The van der Waals surface area contributed by atoms with Gasteiger partial charge in [0.1, 0.15) is 19.3 Å². The second-order valence-electron chi connectivity index (χ2n) is 9.02. The van der Waals surface area contributed by atoms with Gasteiger partial charge in [0.05, 0.1) is 6.04 Å². The number of aromatic hydroxyl groups is 1. The lowest BCUT2D eigenvalue weighted by atomic mass is 9.96. The third-order valence-corrected chi connectivity index (χ3v) is 6.50. The molecule has 0 radical (unpaired) electrons. The number of hydrogen-bond donors (Lipinski definition) is 1. The van der Waals surface area contributed by atoms with Gasteiger partial charge in [0, 0.05) is 17.8 Å². The normalized spacial score (nSPS) is 20.5. The summed E-state index contributed by atoms with van der Waals surface area (Å²) in [5, 5.41) is 12.6. The number of nitrogens with zero attached hydrogens (tertiary/aromatic N) is 3. The largest absolute Gasteiger partial charge is 0.502 e. The van der Waals surface area contributed by atoms with E-state index in [9.17, 15) is 14.7 Å². The molecule has 5 rings (SSSR count). The first-order valence-corrected chi connectivity index (χ1v) is 11.5. The lowest BCUT2D eigenvalue weighted by Gasteiger charge is -2.46. The van der Waals surface area contributed by atoms with Gasteiger partial charge in [-0.3, -0.25) is 19.3 Å².